The first kappa shape index (κ1) is 14.0. The van der Waals surface area contributed by atoms with Gasteiger partial charge in [-0.2, -0.15) is 4.31 Å². The van der Waals surface area contributed by atoms with Gasteiger partial charge in [-0.3, -0.25) is 4.98 Å². The number of aromatic nitrogens is 1. The molecule has 1 aromatic heterocycles. The van der Waals surface area contributed by atoms with Crippen molar-refractivity contribution >= 4 is 26.0 Å². The molecule has 0 radical (unpaired) electrons. The van der Waals surface area contributed by atoms with E-state index in [2.05, 4.69) is 20.9 Å². The van der Waals surface area contributed by atoms with Crippen LogP contribution >= 0.6 is 15.9 Å². The van der Waals surface area contributed by atoms with Crippen LogP contribution in [0.2, 0.25) is 0 Å². The molecule has 1 fully saturated rings. The molecular formula is C12H17BrN2O2S. The molecule has 0 bridgehead atoms. The molecule has 0 amide bonds. The summed E-state index contributed by atoms with van der Waals surface area (Å²) in [4.78, 5) is 4.21. The second kappa shape index (κ2) is 5.27. The summed E-state index contributed by atoms with van der Waals surface area (Å²) in [6, 6.07) is 1.79. The maximum Gasteiger partial charge on any atom is 0.244 e. The Hall–Kier alpha value is -0.460. The number of hydrogen-bond donors (Lipinski definition) is 0. The highest BCUT2D eigenvalue weighted by molar-refractivity contribution is 9.10. The third kappa shape index (κ3) is 3.10. The smallest absolute Gasteiger partial charge is 0.244 e. The molecule has 0 spiro atoms. The SMILES string of the molecule is CC(C)CN(C1CC1)S(=O)(=O)c1cncc(Br)c1. The van der Waals surface area contributed by atoms with Crippen LogP contribution < -0.4 is 0 Å². The summed E-state index contributed by atoms with van der Waals surface area (Å²) in [6.45, 7) is 4.63. The minimum absolute atomic E-state index is 0.177. The molecule has 1 aliphatic rings. The van der Waals surface area contributed by atoms with Crippen LogP contribution in [0.4, 0.5) is 0 Å². The normalized spacial score (nSPS) is 16.5. The summed E-state index contributed by atoms with van der Waals surface area (Å²) in [5.41, 5.74) is 0. The molecular weight excluding hydrogens is 316 g/mol. The van der Waals surface area contributed by atoms with Gasteiger partial charge >= 0.3 is 0 Å². The first-order valence-corrected chi connectivity index (χ1v) is 8.27. The van der Waals surface area contributed by atoms with E-state index in [9.17, 15) is 8.42 Å². The van der Waals surface area contributed by atoms with Crippen LogP contribution in [0.5, 0.6) is 0 Å². The topological polar surface area (TPSA) is 50.3 Å². The Bertz CT molecular complexity index is 527. The van der Waals surface area contributed by atoms with Crippen molar-refractivity contribution in [2.45, 2.75) is 37.6 Å². The lowest BCUT2D eigenvalue weighted by atomic mass is 10.2. The molecule has 0 N–H and O–H groups in total. The lowest BCUT2D eigenvalue weighted by Gasteiger charge is -2.23. The number of rotatable bonds is 5. The van der Waals surface area contributed by atoms with Crippen LogP contribution in [-0.2, 0) is 10.0 Å². The molecule has 0 atom stereocenters. The van der Waals surface area contributed by atoms with Gasteiger partial charge in [-0.25, -0.2) is 8.42 Å². The van der Waals surface area contributed by atoms with E-state index in [-0.39, 0.29) is 10.9 Å². The fraction of sp³-hybridized carbons (Fsp3) is 0.583. The van der Waals surface area contributed by atoms with Gasteiger partial charge in [0.1, 0.15) is 4.90 Å². The quantitative estimate of drug-likeness (QED) is 0.832. The third-order valence-electron chi connectivity index (χ3n) is 2.79. The zero-order valence-electron chi connectivity index (χ0n) is 10.5. The monoisotopic (exact) mass is 332 g/mol. The third-order valence-corrected chi connectivity index (χ3v) is 5.10. The predicted molar refractivity (Wildman–Crippen MR) is 73.7 cm³/mol. The fourth-order valence-corrected chi connectivity index (χ4v) is 4.19. The average molecular weight is 333 g/mol. The molecule has 1 saturated carbocycles. The van der Waals surface area contributed by atoms with Crippen LogP contribution in [0, 0.1) is 5.92 Å². The van der Waals surface area contributed by atoms with Gasteiger partial charge in [0, 0.05) is 29.5 Å². The van der Waals surface area contributed by atoms with Gasteiger partial charge < -0.3 is 0 Å². The number of hydrogen-bond acceptors (Lipinski definition) is 3. The molecule has 1 aromatic rings. The summed E-state index contributed by atoms with van der Waals surface area (Å²) in [7, 11) is -3.41. The van der Waals surface area contributed by atoms with Crippen molar-refractivity contribution in [3.8, 4) is 0 Å². The molecule has 4 nitrogen and oxygen atoms in total. The molecule has 0 unspecified atom stereocenters. The maximum atomic E-state index is 12.6. The standard InChI is InChI=1S/C12H17BrN2O2S/c1-9(2)8-15(11-3-4-11)18(16,17)12-5-10(13)6-14-7-12/h5-7,9,11H,3-4,8H2,1-2H3. The molecule has 100 valence electrons. The molecule has 18 heavy (non-hydrogen) atoms. The predicted octanol–water partition coefficient (Wildman–Crippen LogP) is 2.65. The average Bonchev–Trinajstić information content (AvgIpc) is 3.09. The minimum atomic E-state index is -3.41. The van der Waals surface area contributed by atoms with Crippen LogP contribution in [0.1, 0.15) is 26.7 Å². The molecule has 0 aromatic carbocycles. The van der Waals surface area contributed by atoms with Crippen molar-refractivity contribution in [1.29, 1.82) is 0 Å². The van der Waals surface area contributed by atoms with Crippen molar-refractivity contribution in [1.82, 2.24) is 9.29 Å². The minimum Gasteiger partial charge on any atom is -0.262 e. The van der Waals surface area contributed by atoms with Gasteiger partial charge in [0.15, 0.2) is 0 Å². The van der Waals surface area contributed by atoms with E-state index in [0.29, 0.717) is 16.9 Å². The highest BCUT2D eigenvalue weighted by atomic mass is 79.9. The summed E-state index contributed by atoms with van der Waals surface area (Å²) in [5, 5.41) is 0. The first-order valence-electron chi connectivity index (χ1n) is 6.03. The Morgan fingerprint density at radius 1 is 1.44 bits per heavy atom. The Morgan fingerprint density at radius 2 is 2.11 bits per heavy atom. The molecule has 1 heterocycles. The Labute approximate surface area is 117 Å². The lowest BCUT2D eigenvalue weighted by Crippen LogP contribution is -2.36. The van der Waals surface area contributed by atoms with Crippen molar-refractivity contribution < 1.29 is 8.42 Å². The first-order chi connectivity index (χ1) is 8.41. The van der Waals surface area contributed by atoms with E-state index in [1.54, 1.807) is 16.6 Å². The number of sulfonamides is 1. The fourth-order valence-electron chi connectivity index (χ4n) is 1.83. The van der Waals surface area contributed by atoms with Gasteiger partial charge in [0.05, 0.1) is 0 Å². The second-order valence-corrected chi connectivity index (χ2v) is 7.84. The van der Waals surface area contributed by atoms with E-state index < -0.39 is 10.0 Å². The van der Waals surface area contributed by atoms with Crippen molar-refractivity contribution in [2.24, 2.45) is 5.92 Å². The van der Waals surface area contributed by atoms with Crippen molar-refractivity contribution in [2.75, 3.05) is 6.54 Å². The maximum absolute atomic E-state index is 12.6. The van der Waals surface area contributed by atoms with Gasteiger partial charge in [-0.15, -0.1) is 0 Å². The number of halogens is 1. The Balaban J connectivity index is 2.33. The summed E-state index contributed by atoms with van der Waals surface area (Å²) in [5.74, 6) is 0.320. The van der Waals surface area contributed by atoms with Gasteiger partial charge in [0.2, 0.25) is 10.0 Å². The molecule has 2 rings (SSSR count). The molecule has 0 saturated heterocycles. The van der Waals surface area contributed by atoms with Crippen LogP contribution in [-0.4, -0.2) is 30.3 Å². The molecule has 0 aliphatic heterocycles. The highest BCUT2D eigenvalue weighted by Crippen LogP contribution is 2.33. The second-order valence-electron chi connectivity index (χ2n) is 5.04. The summed E-state index contributed by atoms with van der Waals surface area (Å²) in [6.07, 6.45) is 4.93. The van der Waals surface area contributed by atoms with Gasteiger partial charge in [-0.1, -0.05) is 13.8 Å². The van der Waals surface area contributed by atoms with Gasteiger partial charge in [0.25, 0.3) is 0 Å². The van der Waals surface area contributed by atoms with E-state index >= 15 is 0 Å². The zero-order valence-corrected chi connectivity index (χ0v) is 12.9. The molecule has 6 heteroatoms. The van der Waals surface area contributed by atoms with E-state index in [4.69, 9.17) is 0 Å². The highest BCUT2D eigenvalue weighted by Gasteiger charge is 2.38. The van der Waals surface area contributed by atoms with Crippen molar-refractivity contribution in [3.63, 3.8) is 0 Å². The van der Waals surface area contributed by atoms with Crippen LogP contribution in [0.25, 0.3) is 0 Å². The Kier molecular flexibility index (Phi) is 4.08. The Morgan fingerprint density at radius 3 is 2.61 bits per heavy atom. The summed E-state index contributed by atoms with van der Waals surface area (Å²) >= 11 is 3.26. The van der Waals surface area contributed by atoms with E-state index in [0.717, 1.165) is 12.8 Å². The number of nitrogens with zero attached hydrogens (tertiary/aromatic N) is 2. The van der Waals surface area contributed by atoms with Gasteiger partial charge in [-0.05, 0) is 40.8 Å². The van der Waals surface area contributed by atoms with E-state index in [1.165, 1.54) is 6.20 Å². The lowest BCUT2D eigenvalue weighted by molar-refractivity contribution is 0.360. The number of pyridine rings is 1. The largest absolute Gasteiger partial charge is 0.262 e. The van der Waals surface area contributed by atoms with Crippen molar-refractivity contribution in [3.05, 3.63) is 22.9 Å². The summed E-state index contributed by atoms with van der Waals surface area (Å²) < 4.78 is 27.4. The van der Waals surface area contributed by atoms with Crippen LogP contribution in [0.3, 0.4) is 0 Å². The van der Waals surface area contributed by atoms with Crippen LogP contribution in [0.15, 0.2) is 27.8 Å². The molecule has 1 aliphatic carbocycles. The zero-order chi connectivity index (χ0) is 13.3. The van der Waals surface area contributed by atoms with E-state index in [1.807, 2.05) is 13.8 Å².